The van der Waals surface area contributed by atoms with Gasteiger partial charge in [-0.15, -0.1) is 0 Å². The second kappa shape index (κ2) is 5.35. The predicted molar refractivity (Wildman–Crippen MR) is 45.1 cm³/mol. The molecular formula is C3H4F6LiNO4S2. The molecule has 1 N–H and O–H groups in total. The summed E-state index contributed by atoms with van der Waals surface area (Å²) in [6, 6.07) is 0. The van der Waals surface area contributed by atoms with E-state index in [4.69, 9.17) is 0 Å². The zero-order valence-electron chi connectivity index (χ0n) is 6.92. The van der Waals surface area contributed by atoms with Crippen LogP contribution >= 0.6 is 0 Å². The van der Waals surface area contributed by atoms with Gasteiger partial charge in [0.05, 0.1) is 0 Å². The molecule has 0 unspecified atom stereocenters. The van der Waals surface area contributed by atoms with Gasteiger partial charge < -0.3 is 0 Å². The van der Waals surface area contributed by atoms with Crippen molar-refractivity contribution in [1.82, 2.24) is 4.13 Å². The molecule has 0 bridgehead atoms. The number of hydrogen-bond donors (Lipinski definition) is 1. The molecule has 0 aromatic carbocycles. The van der Waals surface area contributed by atoms with Crippen LogP contribution in [0.4, 0.5) is 25.8 Å². The van der Waals surface area contributed by atoms with Crippen molar-refractivity contribution >= 4 is 39.3 Å². The number of sulfonamides is 1. The fraction of sp³-hybridized carbons (Fsp3) is 1.00. The van der Waals surface area contributed by atoms with Gasteiger partial charge in [0.25, 0.3) is 10.0 Å². The monoisotopic (exact) mass is 303 g/mol. The fourth-order valence-corrected chi connectivity index (χ4v) is 2.37. The minimum atomic E-state index is -6.62. The first-order valence-corrected chi connectivity index (χ1v) is 5.93. The van der Waals surface area contributed by atoms with E-state index in [2.05, 4.69) is 0 Å². The average Bonchev–Trinajstić information content (AvgIpc) is 1.99. The molecule has 0 aliphatic rings. The first-order chi connectivity index (χ1) is 6.77. The van der Waals surface area contributed by atoms with E-state index in [-0.39, 0.29) is 23.0 Å². The number of rotatable bonds is 5. The van der Waals surface area contributed by atoms with E-state index in [9.17, 15) is 42.7 Å². The molecule has 0 atom stereocenters. The third-order valence-corrected chi connectivity index (χ3v) is 3.79. The van der Waals surface area contributed by atoms with E-state index in [1.54, 1.807) is 0 Å². The quantitative estimate of drug-likeness (QED) is 0.428. The Labute approximate surface area is 104 Å². The Morgan fingerprint density at radius 2 is 1.35 bits per heavy atom. The topological polar surface area (TPSA) is 80.3 Å². The SMILES string of the molecule is O=S(=O)(F)NS(=O)(=O)C(F)(F)C(F)(F)CF.[LiH]. The van der Waals surface area contributed by atoms with E-state index in [1.165, 1.54) is 0 Å². The summed E-state index contributed by atoms with van der Waals surface area (Å²) in [5.41, 5.74) is 0. The first-order valence-electron chi connectivity index (χ1n) is 3.06. The second-order valence-corrected chi connectivity index (χ2v) is 5.44. The maximum atomic E-state index is 12.4. The molecule has 0 aromatic heterocycles. The normalized spacial score (nSPS) is 14.2. The van der Waals surface area contributed by atoms with Crippen molar-refractivity contribution in [3.8, 4) is 0 Å². The van der Waals surface area contributed by atoms with Crippen LogP contribution in [0, 0.1) is 0 Å². The number of nitrogens with one attached hydrogen (secondary N) is 1. The Balaban J connectivity index is 0. The molecule has 0 saturated heterocycles. The molecule has 0 aliphatic carbocycles. The van der Waals surface area contributed by atoms with Crippen molar-refractivity contribution in [2.45, 2.75) is 11.2 Å². The summed E-state index contributed by atoms with van der Waals surface area (Å²) in [6.45, 7) is -3.08. The van der Waals surface area contributed by atoms with Gasteiger partial charge in [0.15, 0.2) is 6.67 Å². The summed E-state index contributed by atoms with van der Waals surface area (Å²) in [7, 11) is -12.8. The van der Waals surface area contributed by atoms with Crippen LogP contribution in [0.1, 0.15) is 0 Å². The molecule has 0 fully saturated rings. The Hall–Kier alpha value is 0.0374. The van der Waals surface area contributed by atoms with Crippen LogP contribution in [-0.4, -0.2) is 53.5 Å². The minimum absolute atomic E-state index is 0. The summed E-state index contributed by atoms with van der Waals surface area (Å²) >= 11 is 0. The van der Waals surface area contributed by atoms with Crippen LogP contribution in [-0.2, 0) is 20.4 Å². The van der Waals surface area contributed by atoms with Crippen LogP contribution in [0.25, 0.3) is 0 Å². The van der Waals surface area contributed by atoms with Crippen molar-refractivity contribution in [3.05, 3.63) is 0 Å². The van der Waals surface area contributed by atoms with Gasteiger partial charge in [0, 0.05) is 0 Å². The van der Waals surface area contributed by atoms with E-state index >= 15 is 0 Å². The van der Waals surface area contributed by atoms with Gasteiger partial charge in [-0.05, 0) is 0 Å². The average molecular weight is 303 g/mol. The van der Waals surface area contributed by atoms with Crippen molar-refractivity contribution in [2.75, 3.05) is 6.67 Å². The van der Waals surface area contributed by atoms with Gasteiger partial charge in [0.2, 0.25) is 0 Å². The van der Waals surface area contributed by atoms with Gasteiger partial charge in [0.1, 0.15) is 0 Å². The van der Waals surface area contributed by atoms with Crippen LogP contribution in [0.15, 0.2) is 0 Å². The van der Waals surface area contributed by atoms with Gasteiger partial charge in [-0.25, -0.2) is 12.8 Å². The second-order valence-electron chi connectivity index (χ2n) is 2.38. The number of halogens is 6. The van der Waals surface area contributed by atoms with Crippen LogP contribution < -0.4 is 4.13 Å². The molecule has 0 amide bonds. The van der Waals surface area contributed by atoms with E-state index in [0.717, 1.165) is 0 Å². The fourth-order valence-electron chi connectivity index (χ4n) is 0.458. The molecule has 0 saturated carbocycles. The third-order valence-electron chi connectivity index (χ3n) is 1.14. The molecule has 0 rings (SSSR count). The first kappa shape index (κ1) is 19.4. The Morgan fingerprint density at radius 3 is 1.59 bits per heavy atom. The number of hydrogen-bond acceptors (Lipinski definition) is 4. The van der Waals surface area contributed by atoms with Crippen molar-refractivity contribution in [3.63, 3.8) is 0 Å². The molecule has 0 aromatic rings. The summed E-state index contributed by atoms with van der Waals surface area (Å²) < 4.78 is 112. The molecule has 14 heteroatoms. The third kappa shape index (κ3) is 4.32. The van der Waals surface area contributed by atoms with E-state index in [0.29, 0.717) is 0 Å². The van der Waals surface area contributed by atoms with Gasteiger partial charge >= 0.3 is 40.4 Å². The maximum absolute atomic E-state index is 12.4. The molecular weight excluding hydrogens is 299 g/mol. The molecule has 17 heavy (non-hydrogen) atoms. The zero-order valence-corrected chi connectivity index (χ0v) is 8.56. The Morgan fingerprint density at radius 1 is 1.00 bits per heavy atom. The molecule has 0 radical (unpaired) electrons. The molecule has 5 nitrogen and oxygen atoms in total. The van der Waals surface area contributed by atoms with E-state index in [1.807, 2.05) is 0 Å². The molecule has 0 aliphatic heterocycles. The Bertz CT molecular complexity index is 460. The van der Waals surface area contributed by atoms with Gasteiger partial charge in [-0.3, -0.25) is 0 Å². The van der Waals surface area contributed by atoms with E-state index < -0.39 is 38.3 Å². The van der Waals surface area contributed by atoms with Crippen LogP contribution in [0.3, 0.4) is 0 Å². The Kier molecular flexibility index (Phi) is 6.10. The van der Waals surface area contributed by atoms with Gasteiger partial charge in [-0.1, -0.05) is 8.01 Å². The van der Waals surface area contributed by atoms with Crippen molar-refractivity contribution < 1.29 is 42.7 Å². The summed E-state index contributed by atoms with van der Waals surface area (Å²) in [5, 5.41) is -6.12. The summed E-state index contributed by atoms with van der Waals surface area (Å²) in [4.78, 5) is 0. The standard InChI is InChI=1S/C3H3F6NO4S2.Li.H/c4-1-2(5,6)3(7,8)15(11,12)10-16(9,13)14;;/h10H,1H2;;. The van der Waals surface area contributed by atoms with Crippen molar-refractivity contribution in [2.24, 2.45) is 0 Å². The van der Waals surface area contributed by atoms with Crippen LogP contribution in [0.5, 0.6) is 0 Å². The molecule has 0 heterocycles. The summed E-state index contributed by atoms with van der Waals surface area (Å²) in [5.74, 6) is -5.69. The molecule has 100 valence electrons. The van der Waals surface area contributed by atoms with Crippen molar-refractivity contribution in [1.29, 1.82) is 0 Å². The van der Waals surface area contributed by atoms with Gasteiger partial charge in [-0.2, -0.15) is 26.0 Å². The zero-order chi connectivity index (χ0) is 13.4. The number of alkyl halides is 5. The predicted octanol–water partition coefficient (Wildman–Crippen LogP) is -0.331. The van der Waals surface area contributed by atoms with Crippen LogP contribution in [0.2, 0.25) is 0 Å². The summed E-state index contributed by atoms with van der Waals surface area (Å²) in [6.07, 6.45) is 0. The molecule has 0 spiro atoms.